The van der Waals surface area contributed by atoms with Crippen LogP contribution in [0.25, 0.3) is 0 Å². The number of carbonyl (C=O) groups excluding carboxylic acids is 1. The molecule has 24 heavy (non-hydrogen) atoms. The fourth-order valence-corrected chi connectivity index (χ4v) is 4.02. The van der Waals surface area contributed by atoms with E-state index in [1.807, 2.05) is 37.3 Å². The first-order chi connectivity index (χ1) is 11.6. The Hall–Kier alpha value is -1.76. The van der Waals surface area contributed by atoms with Crippen molar-refractivity contribution in [1.29, 1.82) is 0 Å². The van der Waals surface area contributed by atoms with Crippen molar-refractivity contribution in [2.75, 3.05) is 32.7 Å². The van der Waals surface area contributed by atoms with E-state index in [1.165, 1.54) is 11.3 Å². The lowest BCUT2D eigenvalue weighted by Crippen LogP contribution is -2.45. The molecule has 0 amide bonds. The van der Waals surface area contributed by atoms with E-state index in [-0.39, 0.29) is 5.78 Å². The first-order valence-corrected chi connectivity index (χ1v) is 9.21. The summed E-state index contributed by atoms with van der Waals surface area (Å²) in [5.74, 6) is 0.114. The van der Waals surface area contributed by atoms with Crippen LogP contribution in [-0.2, 0) is 6.54 Å². The standard InChI is InChI=1S/C18H24N4OS/c1-14-17(15(2)23)24-18(20-16-6-4-3-5-7-16)22(14)13-12-21-10-8-19-9-11-21/h3-7,19H,8-13H2,1-2H3. The van der Waals surface area contributed by atoms with Crippen LogP contribution in [0.5, 0.6) is 0 Å². The Morgan fingerprint density at radius 1 is 1.21 bits per heavy atom. The average molecular weight is 344 g/mol. The maximum absolute atomic E-state index is 11.9. The topological polar surface area (TPSA) is 49.6 Å². The Labute approximate surface area is 146 Å². The normalized spacial score (nSPS) is 16.5. The Morgan fingerprint density at radius 2 is 1.92 bits per heavy atom. The van der Waals surface area contributed by atoms with Gasteiger partial charge >= 0.3 is 0 Å². The summed E-state index contributed by atoms with van der Waals surface area (Å²) in [6, 6.07) is 9.93. The fourth-order valence-electron chi connectivity index (χ4n) is 2.95. The minimum atomic E-state index is 0.114. The number of nitrogens with zero attached hydrogens (tertiary/aromatic N) is 3. The van der Waals surface area contributed by atoms with Gasteiger partial charge in [-0.2, -0.15) is 0 Å². The molecule has 1 aliphatic heterocycles. The van der Waals surface area contributed by atoms with E-state index in [2.05, 4.69) is 14.8 Å². The van der Waals surface area contributed by atoms with Crippen molar-refractivity contribution >= 4 is 22.8 Å². The van der Waals surface area contributed by atoms with Gasteiger partial charge in [0.15, 0.2) is 10.6 Å². The summed E-state index contributed by atoms with van der Waals surface area (Å²) in [6.07, 6.45) is 0. The largest absolute Gasteiger partial charge is 0.319 e. The van der Waals surface area contributed by atoms with Crippen molar-refractivity contribution in [2.24, 2.45) is 4.99 Å². The summed E-state index contributed by atoms with van der Waals surface area (Å²) in [5.41, 5.74) is 1.95. The van der Waals surface area contributed by atoms with E-state index < -0.39 is 0 Å². The Balaban J connectivity index is 1.90. The number of piperazine rings is 1. The molecular formula is C18H24N4OS. The molecule has 1 aliphatic rings. The molecule has 128 valence electrons. The van der Waals surface area contributed by atoms with Crippen LogP contribution in [0.3, 0.4) is 0 Å². The van der Waals surface area contributed by atoms with Crippen LogP contribution in [0.15, 0.2) is 35.3 Å². The van der Waals surface area contributed by atoms with Crippen LogP contribution in [-0.4, -0.2) is 48.0 Å². The molecule has 0 saturated carbocycles. The van der Waals surface area contributed by atoms with Crippen LogP contribution in [0.4, 0.5) is 5.69 Å². The number of hydrogen-bond donors (Lipinski definition) is 1. The molecule has 0 unspecified atom stereocenters. The van der Waals surface area contributed by atoms with Gasteiger partial charge in [-0.15, -0.1) is 0 Å². The van der Waals surface area contributed by atoms with Crippen molar-refractivity contribution in [3.63, 3.8) is 0 Å². The van der Waals surface area contributed by atoms with Crippen molar-refractivity contribution in [3.05, 3.63) is 45.7 Å². The molecule has 0 atom stereocenters. The lowest BCUT2D eigenvalue weighted by Gasteiger charge is -2.27. The third-order valence-corrected chi connectivity index (χ3v) is 5.59. The number of rotatable bonds is 5. The zero-order valence-corrected chi connectivity index (χ0v) is 15.1. The number of thiazole rings is 1. The van der Waals surface area contributed by atoms with Crippen LogP contribution in [0.1, 0.15) is 22.3 Å². The van der Waals surface area contributed by atoms with Crippen molar-refractivity contribution in [1.82, 2.24) is 14.8 Å². The third-order valence-electron chi connectivity index (χ3n) is 4.31. The number of nitrogens with one attached hydrogen (secondary N) is 1. The predicted octanol–water partition coefficient (Wildman–Crippen LogP) is 2.20. The number of hydrogen-bond acceptors (Lipinski definition) is 5. The quantitative estimate of drug-likeness (QED) is 0.846. The fraction of sp³-hybridized carbons (Fsp3) is 0.444. The lowest BCUT2D eigenvalue weighted by atomic mass is 10.3. The molecule has 5 nitrogen and oxygen atoms in total. The van der Waals surface area contributed by atoms with E-state index in [4.69, 9.17) is 4.99 Å². The van der Waals surface area contributed by atoms with Gasteiger partial charge in [0.05, 0.1) is 10.6 Å². The molecular weight excluding hydrogens is 320 g/mol. The van der Waals surface area contributed by atoms with Gasteiger partial charge in [-0.25, -0.2) is 4.99 Å². The van der Waals surface area contributed by atoms with E-state index in [1.54, 1.807) is 6.92 Å². The second-order valence-electron chi connectivity index (χ2n) is 6.05. The van der Waals surface area contributed by atoms with Gasteiger partial charge in [-0.1, -0.05) is 29.5 Å². The zero-order valence-electron chi connectivity index (χ0n) is 14.3. The minimum absolute atomic E-state index is 0.114. The van der Waals surface area contributed by atoms with Crippen molar-refractivity contribution in [2.45, 2.75) is 20.4 Å². The second kappa shape index (κ2) is 7.88. The first-order valence-electron chi connectivity index (χ1n) is 8.39. The van der Waals surface area contributed by atoms with E-state index in [0.29, 0.717) is 0 Å². The highest BCUT2D eigenvalue weighted by Gasteiger charge is 2.15. The highest BCUT2D eigenvalue weighted by atomic mass is 32.1. The molecule has 0 radical (unpaired) electrons. The van der Waals surface area contributed by atoms with Crippen LogP contribution in [0.2, 0.25) is 0 Å². The molecule has 1 fully saturated rings. The lowest BCUT2D eigenvalue weighted by molar-refractivity contribution is 0.102. The molecule has 2 aromatic rings. The Kier molecular flexibility index (Phi) is 5.60. The average Bonchev–Trinajstić information content (AvgIpc) is 2.91. The maximum Gasteiger partial charge on any atom is 0.190 e. The number of aromatic nitrogens is 1. The molecule has 0 bridgehead atoms. The molecule has 1 N–H and O–H groups in total. The van der Waals surface area contributed by atoms with Gasteiger partial charge in [0, 0.05) is 51.9 Å². The third kappa shape index (κ3) is 4.01. The highest BCUT2D eigenvalue weighted by Crippen LogP contribution is 2.15. The maximum atomic E-state index is 11.9. The van der Waals surface area contributed by atoms with E-state index in [9.17, 15) is 4.79 Å². The Bertz CT molecular complexity index is 757. The monoisotopic (exact) mass is 344 g/mol. The summed E-state index contributed by atoms with van der Waals surface area (Å²) >= 11 is 1.49. The first kappa shape index (κ1) is 17.1. The number of Topliss-reactive ketones (excluding diaryl/α,β-unsaturated/α-hetero) is 1. The number of ketones is 1. The van der Waals surface area contributed by atoms with Gasteiger partial charge in [0.2, 0.25) is 0 Å². The predicted molar refractivity (Wildman–Crippen MR) is 98.0 cm³/mol. The molecule has 0 spiro atoms. The number of benzene rings is 1. The highest BCUT2D eigenvalue weighted by molar-refractivity contribution is 7.11. The zero-order chi connectivity index (χ0) is 16.9. The molecule has 1 aromatic carbocycles. The van der Waals surface area contributed by atoms with Gasteiger partial charge in [-0.05, 0) is 19.1 Å². The number of para-hydroxylation sites is 1. The molecule has 1 saturated heterocycles. The van der Waals surface area contributed by atoms with Crippen molar-refractivity contribution in [3.8, 4) is 0 Å². The molecule has 1 aromatic heterocycles. The Morgan fingerprint density at radius 3 is 2.58 bits per heavy atom. The van der Waals surface area contributed by atoms with Gasteiger partial charge < -0.3 is 9.88 Å². The number of carbonyl (C=O) groups is 1. The second-order valence-corrected chi connectivity index (χ2v) is 7.02. The van der Waals surface area contributed by atoms with E-state index in [0.717, 1.165) is 60.3 Å². The summed E-state index contributed by atoms with van der Waals surface area (Å²) in [4.78, 5) is 20.9. The molecule has 2 heterocycles. The van der Waals surface area contributed by atoms with Crippen molar-refractivity contribution < 1.29 is 4.79 Å². The van der Waals surface area contributed by atoms with Gasteiger partial charge in [0.25, 0.3) is 0 Å². The smallest absolute Gasteiger partial charge is 0.190 e. The molecule has 6 heteroatoms. The van der Waals surface area contributed by atoms with E-state index >= 15 is 0 Å². The SMILES string of the molecule is CC(=O)c1sc(=Nc2ccccc2)n(CCN2CCNCC2)c1C. The van der Waals surface area contributed by atoms with Crippen LogP contribution >= 0.6 is 11.3 Å². The summed E-state index contributed by atoms with van der Waals surface area (Å²) < 4.78 is 2.19. The molecule has 3 rings (SSSR count). The summed E-state index contributed by atoms with van der Waals surface area (Å²) in [6.45, 7) is 9.75. The van der Waals surface area contributed by atoms with Gasteiger partial charge in [-0.3, -0.25) is 9.69 Å². The molecule has 0 aliphatic carbocycles. The summed E-state index contributed by atoms with van der Waals surface area (Å²) in [5, 5.41) is 3.38. The van der Waals surface area contributed by atoms with Crippen LogP contribution < -0.4 is 10.1 Å². The summed E-state index contributed by atoms with van der Waals surface area (Å²) in [7, 11) is 0. The minimum Gasteiger partial charge on any atom is -0.319 e. The van der Waals surface area contributed by atoms with Gasteiger partial charge in [0.1, 0.15) is 0 Å². The van der Waals surface area contributed by atoms with Crippen LogP contribution in [0, 0.1) is 6.92 Å².